The maximum absolute atomic E-state index is 11.9. The van der Waals surface area contributed by atoms with Crippen LogP contribution in [0.3, 0.4) is 0 Å². The molecule has 0 atom stereocenters. The zero-order valence-corrected chi connectivity index (χ0v) is 12.6. The number of halogens is 2. The number of carbonyl (C=O) groups is 1. The SMILES string of the molecule is CCS(=O)(=O)N(CC(=O)O)c1ccc(Br)cc1Cl. The molecule has 0 heterocycles. The first-order valence-corrected chi connectivity index (χ1v) is 7.73. The highest BCUT2D eigenvalue weighted by molar-refractivity contribution is 9.10. The van der Waals surface area contributed by atoms with Gasteiger partial charge in [0.1, 0.15) is 6.54 Å². The standard InChI is InChI=1S/C10H11BrClNO4S/c1-2-18(16,17)13(6-10(14)15)9-4-3-7(11)5-8(9)12/h3-5H,2,6H2,1H3,(H,14,15). The highest BCUT2D eigenvalue weighted by atomic mass is 79.9. The molecule has 0 amide bonds. The summed E-state index contributed by atoms with van der Waals surface area (Å²) in [5.74, 6) is -1.45. The predicted octanol–water partition coefficient (Wildman–Crippen LogP) is 2.34. The van der Waals surface area contributed by atoms with Crippen molar-refractivity contribution in [1.29, 1.82) is 0 Å². The van der Waals surface area contributed by atoms with Crippen molar-refractivity contribution in [2.45, 2.75) is 6.92 Å². The van der Waals surface area contributed by atoms with Crippen LogP contribution >= 0.6 is 27.5 Å². The van der Waals surface area contributed by atoms with Crippen LogP contribution in [0.1, 0.15) is 6.92 Å². The quantitative estimate of drug-likeness (QED) is 0.879. The van der Waals surface area contributed by atoms with E-state index >= 15 is 0 Å². The Morgan fingerprint density at radius 3 is 2.56 bits per heavy atom. The maximum atomic E-state index is 11.9. The lowest BCUT2D eigenvalue weighted by Gasteiger charge is -2.22. The molecule has 1 aromatic carbocycles. The molecule has 0 saturated carbocycles. The lowest BCUT2D eigenvalue weighted by Crippen LogP contribution is -2.36. The minimum Gasteiger partial charge on any atom is -0.480 e. The van der Waals surface area contributed by atoms with Gasteiger partial charge in [0.25, 0.3) is 0 Å². The monoisotopic (exact) mass is 355 g/mol. The molecule has 0 fully saturated rings. The average molecular weight is 357 g/mol. The van der Waals surface area contributed by atoms with Gasteiger partial charge >= 0.3 is 5.97 Å². The van der Waals surface area contributed by atoms with Crippen molar-refractivity contribution in [2.24, 2.45) is 0 Å². The van der Waals surface area contributed by atoms with E-state index < -0.39 is 22.5 Å². The summed E-state index contributed by atoms with van der Waals surface area (Å²) in [4.78, 5) is 10.8. The van der Waals surface area contributed by atoms with E-state index in [9.17, 15) is 13.2 Å². The van der Waals surface area contributed by atoms with Gasteiger partial charge in [-0.25, -0.2) is 8.42 Å². The van der Waals surface area contributed by atoms with Gasteiger partial charge in [-0.3, -0.25) is 9.10 Å². The van der Waals surface area contributed by atoms with Crippen molar-refractivity contribution in [3.05, 3.63) is 27.7 Å². The fourth-order valence-electron chi connectivity index (χ4n) is 1.30. The fourth-order valence-corrected chi connectivity index (χ4v) is 3.20. The molecule has 1 N–H and O–H groups in total. The third-order valence-electron chi connectivity index (χ3n) is 2.16. The second kappa shape index (κ2) is 5.90. The molecule has 1 aromatic rings. The number of aliphatic carboxylic acids is 1. The molecule has 0 aliphatic rings. The van der Waals surface area contributed by atoms with Gasteiger partial charge in [0.05, 0.1) is 16.5 Å². The second-order valence-electron chi connectivity index (χ2n) is 3.40. The van der Waals surface area contributed by atoms with E-state index in [1.807, 2.05) is 0 Å². The second-order valence-corrected chi connectivity index (χ2v) is 6.90. The third-order valence-corrected chi connectivity index (χ3v) is 4.68. The Morgan fingerprint density at radius 1 is 1.50 bits per heavy atom. The zero-order valence-electron chi connectivity index (χ0n) is 9.43. The summed E-state index contributed by atoms with van der Waals surface area (Å²) in [6.07, 6.45) is 0. The van der Waals surface area contributed by atoms with Crippen LogP contribution in [0.4, 0.5) is 5.69 Å². The van der Waals surface area contributed by atoms with E-state index in [1.165, 1.54) is 19.1 Å². The number of rotatable bonds is 5. The predicted molar refractivity (Wildman–Crippen MR) is 73.6 cm³/mol. The Kier molecular flexibility index (Phi) is 5.01. The third kappa shape index (κ3) is 3.60. The minimum absolute atomic E-state index is 0.157. The van der Waals surface area contributed by atoms with Crippen LogP contribution in [0.5, 0.6) is 0 Å². The van der Waals surface area contributed by atoms with Crippen LogP contribution in [0.15, 0.2) is 22.7 Å². The molecule has 5 nitrogen and oxygen atoms in total. The van der Waals surface area contributed by atoms with E-state index in [0.717, 1.165) is 4.31 Å². The molecular weight excluding hydrogens is 346 g/mol. The van der Waals surface area contributed by atoms with Gasteiger partial charge in [-0.15, -0.1) is 0 Å². The molecule has 0 bridgehead atoms. The first-order chi connectivity index (χ1) is 8.27. The van der Waals surface area contributed by atoms with E-state index in [0.29, 0.717) is 4.47 Å². The van der Waals surface area contributed by atoms with Crippen LogP contribution in [0, 0.1) is 0 Å². The molecule has 0 radical (unpaired) electrons. The molecule has 8 heteroatoms. The molecule has 1 rings (SSSR count). The van der Waals surface area contributed by atoms with Crippen LogP contribution in [-0.4, -0.2) is 31.8 Å². The number of hydrogen-bond donors (Lipinski definition) is 1. The van der Waals surface area contributed by atoms with Gasteiger partial charge in [0.15, 0.2) is 0 Å². The van der Waals surface area contributed by atoms with Crippen molar-refractivity contribution >= 4 is 49.2 Å². The first kappa shape index (κ1) is 15.3. The van der Waals surface area contributed by atoms with Crippen molar-refractivity contribution in [3.63, 3.8) is 0 Å². The number of nitrogens with zero attached hydrogens (tertiary/aromatic N) is 1. The number of carboxylic acid groups (broad SMARTS) is 1. The lowest BCUT2D eigenvalue weighted by atomic mass is 10.3. The van der Waals surface area contributed by atoms with Crippen molar-refractivity contribution < 1.29 is 18.3 Å². The van der Waals surface area contributed by atoms with E-state index in [1.54, 1.807) is 6.07 Å². The first-order valence-electron chi connectivity index (χ1n) is 4.95. The number of anilines is 1. The highest BCUT2D eigenvalue weighted by Gasteiger charge is 2.25. The molecule has 0 saturated heterocycles. The van der Waals surface area contributed by atoms with Crippen molar-refractivity contribution in [2.75, 3.05) is 16.6 Å². The Balaban J connectivity index is 3.30. The Labute approximate surface area is 119 Å². The van der Waals surface area contributed by atoms with Gasteiger partial charge in [-0.05, 0) is 25.1 Å². The molecule has 0 aliphatic carbocycles. The Morgan fingerprint density at radius 2 is 2.11 bits per heavy atom. The summed E-state index contributed by atoms with van der Waals surface area (Å²) in [5, 5.41) is 8.96. The van der Waals surface area contributed by atoms with Gasteiger partial charge in [0.2, 0.25) is 10.0 Å². The Bertz CT molecular complexity index is 561. The summed E-state index contributed by atoms with van der Waals surface area (Å²) >= 11 is 9.14. The molecule has 0 aromatic heterocycles. The summed E-state index contributed by atoms with van der Waals surface area (Å²) in [7, 11) is -3.69. The summed E-state index contributed by atoms with van der Waals surface area (Å²) in [6, 6.07) is 4.57. The number of carboxylic acids is 1. The van der Waals surface area contributed by atoms with E-state index in [-0.39, 0.29) is 16.5 Å². The van der Waals surface area contributed by atoms with E-state index in [2.05, 4.69) is 15.9 Å². The Hall–Kier alpha value is -0.790. The zero-order chi connectivity index (χ0) is 13.9. The highest BCUT2D eigenvalue weighted by Crippen LogP contribution is 2.30. The molecular formula is C10H11BrClNO4S. The number of sulfonamides is 1. The molecule has 0 aliphatic heterocycles. The summed E-state index contributed by atoms with van der Waals surface area (Å²) < 4.78 is 25.2. The summed E-state index contributed by atoms with van der Waals surface area (Å²) in [6.45, 7) is 0.786. The van der Waals surface area contributed by atoms with Crippen molar-refractivity contribution in [3.8, 4) is 0 Å². The molecule has 100 valence electrons. The topological polar surface area (TPSA) is 74.7 Å². The van der Waals surface area contributed by atoms with Gasteiger partial charge in [-0.1, -0.05) is 27.5 Å². The van der Waals surface area contributed by atoms with Gasteiger partial charge in [-0.2, -0.15) is 0 Å². The minimum atomic E-state index is -3.69. The van der Waals surface area contributed by atoms with Crippen LogP contribution < -0.4 is 4.31 Å². The molecule has 0 spiro atoms. The normalized spacial score (nSPS) is 11.3. The maximum Gasteiger partial charge on any atom is 0.324 e. The van der Waals surface area contributed by atoms with Crippen molar-refractivity contribution in [1.82, 2.24) is 0 Å². The van der Waals surface area contributed by atoms with Crippen LogP contribution in [-0.2, 0) is 14.8 Å². The molecule has 0 unspecified atom stereocenters. The molecule has 18 heavy (non-hydrogen) atoms. The number of hydrogen-bond acceptors (Lipinski definition) is 3. The smallest absolute Gasteiger partial charge is 0.324 e. The van der Waals surface area contributed by atoms with Gasteiger partial charge < -0.3 is 5.11 Å². The number of benzene rings is 1. The van der Waals surface area contributed by atoms with Crippen LogP contribution in [0.25, 0.3) is 0 Å². The van der Waals surface area contributed by atoms with Gasteiger partial charge in [0, 0.05) is 4.47 Å². The largest absolute Gasteiger partial charge is 0.480 e. The fraction of sp³-hybridized carbons (Fsp3) is 0.300. The lowest BCUT2D eigenvalue weighted by molar-refractivity contribution is -0.135. The van der Waals surface area contributed by atoms with Crippen LogP contribution in [0.2, 0.25) is 5.02 Å². The summed E-state index contributed by atoms with van der Waals surface area (Å²) in [5.41, 5.74) is 0.157. The average Bonchev–Trinajstić information content (AvgIpc) is 2.26. The van der Waals surface area contributed by atoms with E-state index in [4.69, 9.17) is 16.7 Å².